The van der Waals surface area contributed by atoms with Crippen LogP contribution in [0.3, 0.4) is 0 Å². The highest BCUT2D eigenvalue weighted by Gasteiger charge is 2.14. The fourth-order valence-corrected chi connectivity index (χ4v) is 3.61. The second-order valence-corrected chi connectivity index (χ2v) is 8.33. The molecule has 2 heterocycles. The van der Waals surface area contributed by atoms with Gasteiger partial charge in [-0.1, -0.05) is 35.3 Å². The van der Waals surface area contributed by atoms with Crippen molar-refractivity contribution in [1.29, 1.82) is 0 Å². The maximum Gasteiger partial charge on any atom is 0.341 e. The highest BCUT2D eigenvalue weighted by molar-refractivity contribution is 6.30. The second kappa shape index (κ2) is 10.6. The van der Waals surface area contributed by atoms with Crippen LogP contribution >= 0.6 is 23.2 Å². The van der Waals surface area contributed by atoms with Crippen LogP contribution in [-0.2, 0) is 13.1 Å². The van der Waals surface area contributed by atoms with Crippen molar-refractivity contribution >= 4 is 34.9 Å². The average Bonchev–Trinajstić information content (AvgIpc) is 2.84. The summed E-state index contributed by atoms with van der Waals surface area (Å²) in [6.07, 6.45) is 1.11. The van der Waals surface area contributed by atoms with E-state index in [1.54, 1.807) is 55.5 Å². The molecule has 36 heavy (non-hydrogen) atoms. The molecular formula is C24H19Cl2N5O5. The van der Waals surface area contributed by atoms with Crippen LogP contribution in [0.15, 0.2) is 75.4 Å². The van der Waals surface area contributed by atoms with Gasteiger partial charge in [0, 0.05) is 23.8 Å². The minimum atomic E-state index is -1.21. The van der Waals surface area contributed by atoms with Crippen LogP contribution in [0.1, 0.15) is 22.8 Å². The molecule has 0 aliphatic rings. The average molecular weight is 528 g/mol. The third kappa shape index (κ3) is 5.56. The van der Waals surface area contributed by atoms with E-state index in [9.17, 15) is 19.5 Å². The molecule has 0 amide bonds. The number of hydrogen-bond acceptors (Lipinski definition) is 6. The Bertz CT molecular complexity index is 1610. The van der Waals surface area contributed by atoms with Crippen molar-refractivity contribution in [2.45, 2.75) is 20.0 Å². The van der Waals surface area contributed by atoms with Gasteiger partial charge in [-0.25, -0.2) is 28.9 Å². The maximum atomic E-state index is 13.0. The molecule has 4 aromatic rings. The molecule has 2 aromatic heterocycles. The number of benzene rings is 2. The van der Waals surface area contributed by atoms with Crippen LogP contribution in [0.2, 0.25) is 10.2 Å². The highest BCUT2D eigenvalue weighted by Crippen LogP contribution is 2.28. The summed E-state index contributed by atoms with van der Waals surface area (Å²) in [5.74, 6) is -0.861. The summed E-state index contributed by atoms with van der Waals surface area (Å²) >= 11 is 11.8. The summed E-state index contributed by atoms with van der Waals surface area (Å²) in [5, 5.41) is 9.97. The minimum absolute atomic E-state index is 0.0282. The first-order chi connectivity index (χ1) is 17.2. The topological polar surface area (TPSA) is 132 Å². The molecule has 2 aromatic carbocycles. The molecule has 4 rings (SSSR count). The van der Waals surface area contributed by atoms with Crippen molar-refractivity contribution in [3.05, 3.63) is 109 Å². The number of nitrogens with one attached hydrogen (secondary N) is 1. The number of aromatic nitrogens is 4. The van der Waals surface area contributed by atoms with Gasteiger partial charge in [-0.3, -0.25) is 9.55 Å². The van der Waals surface area contributed by atoms with E-state index in [4.69, 9.17) is 27.9 Å². The van der Waals surface area contributed by atoms with E-state index in [2.05, 4.69) is 15.0 Å². The Labute approximate surface area is 213 Å². The number of ether oxygens (including phenoxy) is 1. The van der Waals surface area contributed by atoms with Gasteiger partial charge >= 0.3 is 17.3 Å². The smallest absolute Gasteiger partial charge is 0.341 e. The SMILES string of the molecule is CCn1c(=O)[nH]/c(=N\c2ccc(Oc3cc(Cl)ncc3C(=O)O)cc2)n(Cc2ccc(Cl)cc2)c1=O. The van der Waals surface area contributed by atoms with Crippen LogP contribution in [0.5, 0.6) is 11.5 Å². The number of nitrogens with zero attached hydrogens (tertiary/aromatic N) is 4. The van der Waals surface area contributed by atoms with Gasteiger partial charge in [-0.2, -0.15) is 0 Å². The van der Waals surface area contributed by atoms with Gasteiger partial charge in [0.15, 0.2) is 0 Å². The zero-order chi connectivity index (χ0) is 25.8. The molecule has 0 atom stereocenters. The second-order valence-electron chi connectivity index (χ2n) is 7.51. The zero-order valence-electron chi connectivity index (χ0n) is 18.8. The molecule has 0 radical (unpaired) electrons. The lowest BCUT2D eigenvalue weighted by Crippen LogP contribution is -2.49. The third-order valence-electron chi connectivity index (χ3n) is 5.11. The summed E-state index contributed by atoms with van der Waals surface area (Å²) < 4.78 is 8.10. The summed E-state index contributed by atoms with van der Waals surface area (Å²) in [5.41, 5.74) is 0.0391. The van der Waals surface area contributed by atoms with E-state index < -0.39 is 17.3 Å². The Hall–Kier alpha value is -4.15. The number of carboxylic acids is 1. The molecule has 0 bridgehead atoms. The van der Waals surface area contributed by atoms with E-state index in [0.717, 1.165) is 16.3 Å². The zero-order valence-corrected chi connectivity index (χ0v) is 20.3. The lowest BCUT2D eigenvalue weighted by Gasteiger charge is -2.10. The number of H-pyrrole nitrogens is 1. The first-order valence-corrected chi connectivity index (χ1v) is 11.4. The standard InChI is InChI=1S/C24H19Cl2N5O5/c1-2-30-23(34)29-22(31(24(30)35)13-14-3-5-15(25)6-4-14)28-16-7-9-17(10-8-16)36-19-11-20(26)27-12-18(19)21(32)33/h3-12H,2,13H2,1H3,(H,32,33)(H,28,29,34). The lowest BCUT2D eigenvalue weighted by atomic mass is 10.2. The number of hydrogen-bond donors (Lipinski definition) is 2. The fourth-order valence-electron chi connectivity index (χ4n) is 3.33. The number of halogens is 2. The Morgan fingerprint density at radius 3 is 2.42 bits per heavy atom. The first kappa shape index (κ1) is 25.0. The van der Waals surface area contributed by atoms with Crippen LogP contribution in [0, 0.1) is 0 Å². The molecule has 12 heteroatoms. The van der Waals surface area contributed by atoms with Crippen molar-refractivity contribution < 1.29 is 14.6 Å². The monoisotopic (exact) mass is 527 g/mol. The Balaban J connectivity index is 1.71. The lowest BCUT2D eigenvalue weighted by molar-refractivity contribution is 0.0693. The van der Waals surface area contributed by atoms with E-state index in [-0.39, 0.29) is 35.2 Å². The van der Waals surface area contributed by atoms with Gasteiger partial charge in [-0.05, 0) is 48.9 Å². The normalized spacial score (nSPS) is 11.5. The number of pyridine rings is 1. The molecule has 0 aliphatic carbocycles. The van der Waals surface area contributed by atoms with Crippen LogP contribution < -0.4 is 21.7 Å². The quantitative estimate of drug-likeness (QED) is 0.351. The molecule has 2 N–H and O–H groups in total. The van der Waals surface area contributed by atoms with E-state index in [1.807, 2.05) is 0 Å². The van der Waals surface area contributed by atoms with Gasteiger partial charge < -0.3 is 9.84 Å². The molecule has 0 saturated carbocycles. The van der Waals surface area contributed by atoms with Crippen molar-refractivity contribution in [2.75, 3.05) is 0 Å². The first-order valence-electron chi connectivity index (χ1n) is 10.6. The summed E-state index contributed by atoms with van der Waals surface area (Å²) in [6.45, 7) is 2.05. The predicted molar refractivity (Wildman–Crippen MR) is 133 cm³/mol. The van der Waals surface area contributed by atoms with Gasteiger partial charge in [0.25, 0.3) is 0 Å². The minimum Gasteiger partial charge on any atom is -0.477 e. The van der Waals surface area contributed by atoms with E-state index in [1.165, 1.54) is 10.6 Å². The van der Waals surface area contributed by atoms with Gasteiger partial charge in [0.05, 0.1) is 12.2 Å². The summed E-state index contributed by atoms with van der Waals surface area (Å²) in [6, 6.07) is 14.6. The molecule has 0 spiro atoms. The number of rotatable bonds is 7. The van der Waals surface area contributed by atoms with Crippen molar-refractivity contribution in [1.82, 2.24) is 19.1 Å². The predicted octanol–water partition coefficient (Wildman–Crippen LogP) is 3.83. The summed E-state index contributed by atoms with van der Waals surface area (Å²) in [7, 11) is 0. The molecule has 0 fully saturated rings. The van der Waals surface area contributed by atoms with Crippen molar-refractivity contribution in [2.24, 2.45) is 4.99 Å². The number of aromatic carboxylic acids is 1. The largest absolute Gasteiger partial charge is 0.477 e. The Kier molecular flexibility index (Phi) is 7.37. The van der Waals surface area contributed by atoms with Crippen molar-refractivity contribution in [3.63, 3.8) is 0 Å². The molecule has 0 unspecified atom stereocenters. The van der Waals surface area contributed by atoms with Crippen molar-refractivity contribution in [3.8, 4) is 11.5 Å². The molecule has 184 valence electrons. The number of carbonyl (C=O) groups is 1. The number of aromatic amines is 1. The molecule has 10 nitrogen and oxygen atoms in total. The van der Waals surface area contributed by atoms with Gasteiger partial charge in [0.1, 0.15) is 22.2 Å². The maximum absolute atomic E-state index is 13.0. The van der Waals surface area contributed by atoms with E-state index >= 15 is 0 Å². The Morgan fingerprint density at radius 1 is 1.08 bits per heavy atom. The van der Waals surface area contributed by atoms with Crippen LogP contribution in [-0.4, -0.2) is 30.2 Å². The van der Waals surface area contributed by atoms with E-state index in [0.29, 0.717) is 16.5 Å². The molecular weight excluding hydrogens is 509 g/mol. The fraction of sp³-hybridized carbons (Fsp3) is 0.125. The molecule has 0 aliphatic heterocycles. The van der Waals surface area contributed by atoms with Crippen LogP contribution in [0.4, 0.5) is 5.69 Å². The molecule has 0 saturated heterocycles. The van der Waals surface area contributed by atoms with Gasteiger partial charge in [0.2, 0.25) is 5.62 Å². The third-order valence-corrected chi connectivity index (χ3v) is 5.57. The number of carboxylic acid groups (broad SMARTS) is 1. The summed E-state index contributed by atoms with van der Waals surface area (Å²) in [4.78, 5) is 47.7. The highest BCUT2D eigenvalue weighted by atomic mass is 35.5. The van der Waals surface area contributed by atoms with Crippen LogP contribution in [0.25, 0.3) is 0 Å². The Morgan fingerprint density at radius 2 is 1.78 bits per heavy atom. The van der Waals surface area contributed by atoms with Gasteiger partial charge in [-0.15, -0.1) is 0 Å².